The molecule has 1 unspecified atom stereocenters. The standard InChI is InChI=1S/C12H23NO2S/c1-3-10(4-2)8-13-5-6-16-9-11(13)7-12(14)15/h10-11H,3-9H2,1-2H3,(H,14,15). The Morgan fingerprint density at radius 2 is 2.19 bits per heavy atom. The highest BCUT2D eigenvalue weighted by Crippen LogP contribution is 2.21. The van der Waals surface area contributed by atoms with Crippen LogP contribution in [0.3, 0.4) is 0 Å². The third-order valence-corrected chi connectivity index (χ3v) is 4.50. The van der Waals surface area contributed by atoms with Crippen LogP contribution in [0.5, 0.6) is 0 Å². The van der Waals surface area contributed by atoms with E-state index in [-0.39, 0.29) is 6.04 Å². The van der Waals surface area contributed by atoms with E-state index in [0.29, 0.717) is 6.42 Å². The first kappa shape index (κ1) is 13.8. The predicted molar refractivity (Wildman–Crippen MR) is 69.0 cm³/mol. The number of nitrogens with zero attached hydrogens (tertiary/aromatic N) is 1. The zero-order chi connectivity index (χ0) is 12.0. The highest BCUT2D eigenvalue weighted by molar-refractivity contribution is 7.99. The van der Waals surface area contributed by atoms with Crippen molar-refractivity contribution < 1.29 is 9.90 Å². The van der Waals surface area contributed by atoms with Crippen LogP contribution in [-0.2, 0) is 4.79 Å². The molecule has 0 spiro atoms. The first-order valence-electron chi connectivity index (χ1n) is 6.20. The third-order valence-electron chi connectivity index (χ3n) is 3.41. The molecule has 1 rings (SSSR count). The lowest BCUT2D eigenvalue weighted by Gasteiger charge is -2.36. The highest BCUT2D eigenvalue weighted by Gasteiger charge is 2.26. The SMILES string of the molecule is CCC(CC)CN1CCSCC1CC(=O)O. The van der Waals surface area contributed by atoms with E-state index in [1.165, 1.54) is 12.8 Å². The van der Waals surface area contributed by atoms with Crippen molar-refractivity contribution in [3.63, 3.8) is 0 Å². The van der Waals surface area contributed by atoms with Crippen LogP contribution < -0.4 is 0 Å². The summed E-state index contributed by atoms with van der Waals surface area (Å²) in [6.07, 6.45) is 2.69. The minimum atomic E-state index is -0.665. The highest BCUT2D eigenvalue weighted by atomic mass is 32.2. The van der Waals surface area contributed by atoms with E-state index in [4.69, 9.17) is 5.11 Å². The fourth-order valence-electron chi connectivity index (χ4n) is 2.20. The van der Waals surface area contributed by atoms with Gasteiger partial charge in [-0.1, -0.05) is 26.7 Å². The molecule has 1 fully saturated rings. The second kappa shape index (κ2) is 7.17. The molecule has 0 saturated carbocycles. The fraction of sp³-hybridized carbons (Fsp3) is 0.917. The molecule has 1 heterocycles. The van der Waals surface area contributed by atoms with Gasteiger partial charge < -0.3 is 5.11 Å². The first-order chi connectivity index (χ1) is 7.67. The van der Waals surface area contributed by atoms with E-state index in [9.17, 15) is 4.79 Å². The van der Waals surface area contributed by atoms with Gasteiger partial charge in [0.15, 0.2) is 0 Å². The van der Waals surface area contributed by atoms with Gasteiger partial charge in [-0.05, 0) is 5.92 Å². The summed E-state index contributed by atoms with van der Waals surface area (Å²) in [6.45, 7) is 6.57. The normalized spacial score (nSPS) is 22.6. The van der Waals surface area contributed by atoms with Crippen molar-refractivity contribution in [3.8, 4) is 0 Å². The van der Waals surface area contributed by atoms with Crippen LogP contribution in [0.2, 0.25) is 0 Å². The summed E-state index contributed by atoms with van der Waals surface area (Å²) in [6, 6.07) is 0.247. The van der Waals surface area contributed by atoms with Crippen molar-refractivity contribution in [1.82, 2.24) is 4.90 Å². The van der Waals surface area contributed by atoms with Gasteiger partial charge in [0.25, 0.3) is 0 Å². The van der Waals surface area contributed by atoms with Crippen LogP contribution in [0.1, 0.15) is 33.1 Å². The summed E-state index contributed by atoms with van der Waals surface area (Å²) in [4.78, 5) is 13.2. The van der Waals surface area contributed by atoms with Crippen LogP contribution in [0.4, 0.5) is 0 Å². The molecule has 1 N–H and O–H groups in total. The number of hydrogen-bond acceptors (Lipinski definition) is 3. The lowest BCUT2D eigenvalue weighted by molar-refractivity contribution is -0.138. The van der Waals surface area contributed by atoms with Crippen molar-refractivity contribution in [2.45, 2.75) is 39.2 Å². The Balaban J connectivity index is 2.48. The fourth-order valence-corrected chi connectivity index (χ4v) is 3.33. The summed E-state index contributed by atoms with van der Waals surface area (Å²) in [5.41, 5.74) is 0. The molecule has 1 atom stereocenters. The number of thioether (sulfide) groups is 1. The maximum Gasteiger partial charge on any atom is 0.304 e. The largest absolute Gasteiger partial charge is 0.481 e. The average Bonchev–Trinajstić information content (AvgIpc) is 2.27. The van der Waals surface area contributed by atoms with Gasteiger partial charge >= 0.3 is 5.97 Å². The summed E-state index contributed by atoms with van der Waals surface area (Å²) >= 11 is 1.89. The number of aliphatic carboxylic acids is 1. The van der Waals surface area contributed by atoms with E-state index in [0.717, 1.165) is 30.5 Å². The Morgan fingerprint density at radius 3 is 2.75 bits per heavy atom. The van der Waals surface area contributed by atoms with E-state index in [2.05, 4.69) is 18.7 Å². The Hall–Kier alpha value is -0.220. The Morgan fingerprint density at radius 1 is 1.50 bits per heavy atom. The number of carboxylic acids is 1. The van der Waals surface area contributed by atoms with Crippen molar-refractivity contribution in [1.29, 1.82) is 0 Å². The van der Waals surface area contributed by atoms with Crippen LogP contribution in [-0.4, -0.2) is 46.6 Å². The quantitative estimate of drug-likeness (QED) is 0.779. The monoisotopic (exact) mass is 245 g/mol. The second-order valence-corrected chi connectivity index (χ2v) is 5.65. The summed E-state index contributed by atoms with van der Waals surface area (Å²) in [5, 5.41) is 8.90. The third kappa shape index (κ3) is 4.34. The molecule has 0 aliphatic carbocycles. The number of carboxylic acid groups (broad SMARTS) is 1. The van der Waals surface area contributed by atoms with Crippen molar-refractivity contribution >= 4 is 17.7 Å². The van der Waals surface area contributed by atoms with E-state index in [1.54, 1.807) is 0 Å². The van der Waals surface area contributed by atoms with Gasteiger partial charge in [-0.2, -0.15) is 11.8 Å². The summed E-state index contributed by atoms with van der Waals surface area (Å²) in [7, 11) is 0. The summed E-state index contributed by atoms with van der Waals surface area (Å²) in [5.74, 6) is 2.18. The van der Waals surface area contributed by atoms with Gasteiger partial charge in [0, 0.05) is 30.6 Å². The van der Waals surface area contributed by atoms with E-state index >= 15 is 0 Å². The molecule has 16 heavy (non-hydrogen) atoms. The predicted octanol–water partition coefficient (Wildman–Crippen LogP) is 2.31. The minimum Gasteiger partial charge on any atom is -0.481 e. The number of rotatable bonds is 6. The Kier molecular flexibility index (Phi) is 6.21. The summed E-state index contributed by atoms with van der Waals surface area (Å²) < 4.78 is 0. The van der Waals surface area contributed by atoms with Crippen molar-refractivity contribution in [2.75, 3.05) is 24.6 Å². The minimum absolute atomic E-state index is 0.247. The maximum atomic E-state index is 10.8. The average molecular weight is 245 g/mol. The zero-order valence-electron chi connectivity index (χ0n) is 10.3. The molecule has 0 aromatic rings. The van der Waals surface area contributed by atoms with E-state index in [1.807, 2.05) is 11.8 Å². The zero-order valence-corrected chi connectivity index (χ0v) is 11.1. The molecular formula is C12H23NO2S. The molecule has 1 aliphatic heterocycles. The van der Waals surface area contributed by atoms with Crippen LogP contribution in [0.15, 0.2) is 0 Å². The molecule has 94 valence electrons. The molecular weight excluding hydrogens is 222 g/mol. The van der Waals surface area contributed by atoms with E-state index < -0.39 is 5.97 Å². The smallest absolute Gasteiger partial charge is 0.304 e. The van der Waals surface area contributed by atoms with Crippen LogP contribution in [0, 0.1) is 5.92 Å². The van der Waals surface area contributed by atoms with Crippen molar-refractivity contribution in [3.05, 3.63) is 0 Å². The van der Waals surface area contributed by atoms with Crippen LogP contribution in [0.25, 0.3) is 0 Å². The number of hydrogen-bond donors (Lipinski definition) is 1. The lowest BCUT2D eigenvalue weighted by Crippen LogP contribution is -2.45. The molecule has 3 nitrogen and oxygen atoms in total. The second-order valence-electron chi connectivity index (χ2n) is 4.50. The molecule has 0 aromatic carbocycles. The van der Waals surface area contributed by atoms with Gasteiger partial charge in [-0.25, -0.2) is 0 Å². The van der Waals surface area contributed by atoms with Gasteiger partial charge in [0.1, 0.15) is 0 Å². The topological polar surface area (TPSA) is 40.5 Å². The number of carbonyl (C=O) groups is 1. The van der Waals surface area contributed by atoms with Gasteiger partial charge in [0.05, 0.1) is 6.42 Å². The Bertz CT molecular complexity index is 219. The molecule has 0 radical (unpaired) electrons. The van der Waals surface area contributed by atoms with Crippen molar-refractivity contribution in [2.24, 2.45) is 5.92 Å². The maximum absolute atomic E-state index is 10.8. The lowest BCUT2D eigenvalue weighted by atomic mass is 10.0. The molecule has 1 saturated heterocycles. The van der Waals surface area contributed by atoms with Gasteiger partial charge in [-0.3, -0.25) is 9.69 Å². The molecule has 0 amide bonds. The molecule has 0 aromatic heterocycles. The van der Waals surface area contributed by atoms with Gasteiger partial charge in [0.2, 0.25) is 0 Å². The first-order valence-corrected chi connectivity index (χ1v) is 7.36. The molecule has 0 bridgehead atoms. The Labute approximate surface area is 103 Å². The van der Waals surface area contributed by atoms with Crippen LogP contribution >= 0.6 is 11.8 Å². The molecule has 4 heteroatoms. The molecule has 1 aliphatic rings. The van der Waals surface area contributed by atoms with Gasteiger partial charge in [-0.15, -0.1) is 0 Å².